The molecule has 6 nitrogen and oxygen atoms in total. The quantitative estimate of drug-likeness (QED) is 0.615. The van der Waals surface area contributed by atoms with Crippen molar-refractivity contribution in [2.45, 2.75) is 38.1 Å². The first-order chi connectivity index (χ1) is 15.1. The smallest absolute Gasteiger partial charge is 0.242 e. The number of aromatic nitrogens is 2. The molecule has 1 aromatic heterocycles. The van der Waals surface area contributed by atoms with Crippen LogP contribution in [0.15, 0.2) is 48.5 Å². The average Bonchev–Trinajstić information content (AvgIpc) is 3.35. The second kappa shape index (κ2) is 8.35. The van der Waals surface area contributed by atoms with Crippen molar-refractivity contribution in [3.8, 4) is 0 Å². The molecule has 0 bridgehead atoms. The number of hydrogen-bond donors (Lipinski definition) is 0. The average molecular weight is 437 g/mol. The molecule has 0 aliphatic carbocycles. The predicted molar refractivity (Wildman–Crippen MR) is 121 cm³/mol. The molecule has 2 amide bonds. The third kappa shape index (κ3) is 3.92. The number of imidazole rings is 1. The van der Waals surface area contributed by atoms with E-state index >= 15 is 0 Å². The molecule has 1 atom stereocenters. The van der Waals surface area contributed by atoms with Crippen LogP contribution in [0.5, 0.6) is 0 Å². The Balaban J connectivity index is 1.46. The van der Waals surface area contributed by atoms with Crippen LogP contribution in [0, 0.1) is 0 Å². The van der Waals surface area contributed by atoms with E-state index in [-0.39, 0.29) is 24.3 Å². The minimum Gasteiger partial charge on any atom is -0.341 e. The number of benzene rings is 2. The number of carbonyl (C=O) groups is 2. The monoisotopic (exact) mass is 436 g/mol. The number of piperidine rings is 1. The van der Waals surface area contributed by atoms with Crippen LogP contribution in [-0.2, 0) is 16.1 Å². The van der Waals surface area contributed by atoms with Crippen LogP contribution in [0.4, 0.5) is 5.69 Å². The molecule has 0 N–H and O–H groups in total. The summed E-state index contributed by atoms with van der Waals surface area (Å²) in [5.41, 5.74) is 2.60. The Morgan fingerprint density at radius 1 is 1.06 bits per heavy atom. The molecule has 0 spiro atoms. The van der Waals surface area contributed by atoms with E-state index in [1.807, 2.05) is 51.9 Å². The van der Waals surface area contributed by atoms with Crippen LogP contribution in [-0.4, -0.2) is 45.9 Å². The summed E-state index contributed by atoms with van der Waals surface area (Å²) in [5.74, 6) is 0.908. The maximum Gasteiger partial charge on any atom is 0.242 e. The molecule has 0 radical (unpaired) electrons. The molecule has 31 heavy (non-hydrogen) atoms. The van der Waals surface area contributed by atoms with E-state index in [0.717, 1.165) is 48.5 Å². The van der Waals surface area contributed by atoms with E-state index < -0.39 is 0 Å². The number of amides is 2. The van der Waals surface area contributed by atoms with Crippen LogP contribution < -0.4 is 4.90 Å². The van der Waals surface area contributed by atoms with Crippen molar-refractivity contribution in [2.75, 3.05) is 24.5 Å². The topological polar surface area (TPSA) is 58.4 Å². The summed E-state index contributed by atoms with van der Waals surface area (Å²) in [5, 5.41) is 0.605. The number of hydrogen-bond acceptors (Lipinski definition) is 3. The van der Waals surface area contributed by atoms with E-state index in [1.54, 1.807) is 11.0 Å². The Bertz CT molecular complexity index is 1140. The molecule has 2 fully saturated rings. The highest BCUT2D eigenvalue weighted by Gasteiger charge is 2.35. The van der Waals surface area contributed by atoms with Crippen molar-refractivity contribution < 1.29 is 9.59 Å². The number of fused-ring (bicyclic) bond motifs is 1. The van der Waals surface area contributed by atoms with Crippen LogP contribution >= 0.6 is 11.6 Å². The molecular weight excluding hydrogens is 412 g/mol. The number of rotatable bonds is 4. The molecule has 2 aliphatic rings. The second-order valence-corrected chi connectivity index (χ2v) is 8.81. The lowest BCUT2D eigenvalue weighted by molar-refractivity contribution is -0.132. The third-order valence-corrected chi connectivity index (χ3v) is 6.53. The van der Waals surface area contributed by atoms with Gasteiger partial charge in [0.1, 0.15) is 12.4 Å². The number of halogens is 1. The van der Waals surface area contributed by atoms with E-state index in [1.165, 1.54) is 6.42 Å². The lowest BCUT2D eigenvalue weighted by Crippen LogP contribution is -2.38. The number of para-hydroxylation sites is 2. The molecule has 1 unspecified atom stereocenters. The van der Waals surface area contributed by atoms with Crippen LogP contribution in [0.1, 0.15) is 37.4 Å². The summed E-state index contributed by atoms with van der Waals surface area (Å²) in [6.45, 7) is 2.44. The molecule has 2 aliphatic heterocycles. The second-order valence-electron chi connectivity index (χ2n) is 8.37. The van der Waals surface area contributed by atoms with E-state index in [2.05, 4.69) is 0 Å². The Labute approximate surface area is 186 Å². The Kier molecular flexibility index (Phi) is 5.40. The van der Waals surface area contributed by atoms with Crippen molar-refractivity contribution in [1.82, 2.24) is 14.5 Å². The molecule has 7 heteroatoms. The molecule has 2 saturated heterocycles. The Morgan fingerprint density at radius 2 is 1.87 bits per heavy atom. The van der Waals surface area contributed by atoms with Gasteiger partial charge in [0.15, 0.2) is 0 Å². The van der Waals surface area contributed by atoms with Crippen LogP contribution in [0.2, 0.25) is 5.02 Å². The Morgan fingerprint density at radius 3 is 2.68 bits per heavy atom. The first-order valence-electron chi connectivity index (χ1n) is 10.9. The predicted octanol–water partition coefficient (Wildman–Crippen LogP) is 4.22. The van der Waals surface area contributed by atoms with Gasteiger partial charge >= 0.3 is 0 Å². The van der Waals surface area contributed by atoms with Gasteiger partial charge in [-0.05, 0) is 49.6 Å². The zero-order chi connectivity index (χ0) is 21.4. The van der Waals surface area contributed by atoms with Gasteiger partial charge in [-0.25, -0.2) is 4.98 Å². The largest absolute Gasteiger partial charge is 0.341 e. The molecule has 0 saturated carbocycles. The molecule has 5 rings (SSSR count). The zero-order valence-corrected chi connectivity index (χ0v) is 18.1. The number of anilines is 1. The minimum atomic E-state index is -0.0759. The highest BCUT2D eigenvalue weighted by molar-refractivity contribution is 6.30. The van der Waals surface area contributed by atoms with Gasteiger partial charge in [-0.15, -0.1) is 0 Å². The van der Waals surface area contributed by atoms with Crippen LogP contribution in [0.25, 0.3) is 11.0 Å². The molecule has 3 aromatic rings. The zero-order valence-electron chi connectivity index (χ0n) is 17.3. The molecule has 3 heterocycles. The van der Waals surface area contributed by atoms with Gasteiger partial charge in [0.25, 0.3) is 0 Å². The van der Waals surface area contributed by atoms with Crippen LogP contribution in [0.3, 0.4) is 0 Å². The summed E-state index contributed by atoms with van der Waals surface area (Å²) in [7, 11) is 0. The lowest BCUT2D eigenvalue weighted by atomic mass is 10.1. The van der Waals surface area contributed by atoms with Crippen molar-refractivity contribution in [2.24, 2.45) is 0 Å². The van der Waals surface area contributed by atoms with Gasteiger partial charge in [-0.3, -0.25) is 9.59 Å². The van der Waals surface area contributed by atoms with Gasteiger partial charge < -0.3 is 14.4 Å². The maximum atomic E-state index is 13.0. The highest BCUT2D eigenvalue weighted by Crippen LogP contribution is 2.34. The van der Waals surface area contributed by atoms with E-state index in [9.17, 15) is 9.59 Å². The maximum absolute atomic E-state index is 13.0. The minimum absolute atomic E-state index is 0.0493. The third-order valence-electron chi connectivity index (χ3n) is 6.30. The van der Waals surface area contributed by atoms with Gasteiger partial charge in [-0.1, -0.05) is 29.8 Å². The van der Waals surface area contributed by atoms with Gasteiger partial charge in [0.2, 0.25) is 11.8 Å². The molecule has 2 aromatic carbocycles. The standard InChI is InChI=1S/C24H25ClN4O2/c25-18-7-6-8-19(14-18)28-15-17(13-22(28)30)24-26-20-9-2-3-10-21(20)29(24)16-23(31)27-11-4-1-5-12-27/h2-3,6-10,14,17H,1,4-5,11-13,15-16H2. The van der Waals surface area contributed by atoms with Crippen molar-refractivity contribution >= 4 is 40.1 Å². The van der Waals surface area contributed by atoms with Crippen molar-refractivity contribution in [3.63, 3.8) is 0 Å². The van der Waals surface area contributed by atoms with E-state index in [0.29, 0.717) is 18.0 Å². The number of likely N-dealkylation sites (tertiary alicyclic amines) is 1. The fraction of sp³-hybridized carbons (Fsp3) is 0.375. The van der Waals surface area contributed by atoms with Gasteiger partial charge in [-0.2, -0.15) is 0 Å². The van der Waals surface area contributed by atoms with Crippen molar-refractivity contribution in [3.05, 3.63) is 59.4 Å². The first kappa shape index (κ1) is 20.1. The lowest BCUT2D eigenvalue weighted by Gasteiger charge is -2.27. The molecule has 160 valence electrons. The summed E-state index contributed by atoms with van der Waals surface area (Å²) >= 11 is 6.14. The SMILES string of the molecule is O=C(Cn1c(C2CC(=O)N(c3cccc(Cl)c3)C2)nc2ccccc21)N1CCCCC1. The molecular formula is C24H25ClN4O2. The summed E-state index contributed by atoms with van der Waals surface area (Å²) in [6.07, 6.45) is 3.68. The fourth-order valence-corrected chi connectivity index (χ4v) is 4.91. The number of nitrogens with zero attached hydrogens (tertiary/aromatic N) is 4. The number of carbonyl (C=O) groups excluding carboxylic acids is 2. The van der Waals surface area contributed by atoms with Gasteiger partial charge in [0.05, 0.1) is 11.0 Å². The fourth-order valence-electron chi connectivity index (χ4n) is 4.72. The normalized spacial score (nSPS) is 19.4. The Hall–Kier alpha value is -2.86. The summed E-state index contributed by atoms with van der Waals surface area (Å²) in [6, 6.07) is 15.2. The van der Waals surface area contributed by atoms with Gasteiger partial charge in [0, 0.05) is 42.7 Å². The van der Waals surface area contributed by atoms with Crippen molar-refractivity contribution in [1.29, 1.82) is 0 Å². The first-order valence-corrected chi connectivity index (χ1v) is 11.3. The highest BCUT2D eigenvalue weighted by atomic mass is 35.5. The summed E-state index contributed by atoms with van der Waals surface area (Å²) < 4.78 is 2.02. The summed E-state index contributed by atoms with van der Waals surface area (Å²) in [4.78, 5) is 34.5. The van der Waals surface area contributed by atoms with E-state index in [4.69, 9.17) is 16.6 Å².